The van der Waals surface area contributed by atoms with Crippen molar-refractivity contribution in [2.24, 2.45) is 0 Å². The molecule has 9 aromatic rings. The first kappa shape index (κ1) is 30.9. The van der Waals surface area contributed by atoms with Gasteiger partial charge in [-0.3, -0.25) is 0 Å². The van der Waals surface area contributed by atoms with E-state index in [2.05, 4.69) is 207 Å². The Morgan fingerprint density at radius 3 is 1.69 bits per heavy atom. The molecule has 0 unspecified atom stereocenters. The van der Waals surface area contributed by atoms with Crippen molar-refractivity contribution in [1.82, 2.24) is 0 Å². The van der Waals surface area contributed by atoms with E-state index in [1.807, 2.05) is 0 Å². The first-order valence-electron chi connectivity index (χ1n) is 18.9. The molecule has 1 aromatic heterocycles. The van der Waals surface area contributed by atoms with Gasteiger partial charge < -0.3 is 9.32 Å². The highest BCUT2D eigenvalue weighted by Crippen LogP contribution is 2.59. The van der Waals surface area contributed by atoms with Crippen molar-refractivity contribution < 1.29 is 4.42 Å². The SMILES string of the molecule is CC1(C)c2ccccc2-c2c(N(c3ccccc3)c3cccc4c3oc3cccc(C5(c6ccccc6)c6ccccc6-c6ccccc65)c34)cccc21. The van der Waals surface area contributed by atoms with Crippen LogP contribution in [-0.2, 0) is 10.8 Å². The van der Waals surface area contributed by atoms with Crippen LogP contribution < -0.4 is 4.90 Å². The minimum atomic E-state index is -0.546. The smallest absolute Gasteiger partial charge is 0.159 e. The number of rotatable bonds is 5. The lowest BCUT2D eigenvalue weighted by molar-refractivity contribution is 0.660. The number of nitrogens with zero attached hydrogens (tertiary/aromatic N) is 1. The summed E-state index contributed by atoms with van der Waals surface area (Å²) in [6.07, 6.45) is 0. The second kappa shape index (κ2) is 11.4. The number of furan rings is 1. The molecule has 0 amide bonds. The van der Waals surface area contributed by atoms with E-state index < -0.39 is 5.41 Å². The molecule has 0 spiro atoms. The van der Waals surface area contributed by atoms with E-state index in [-0.39, 0.29) is 5.41 Å². The van der Waals surface area contributed by atoms with Gasteiger partial charge in [-0.25, -0.2) is 0 Å². The van der Waals surface area contributed by atoms with Crippen LogP contribution in [0.2, 0.25) is 0 Å². The zero-order valence-corrected chi connectivity index (χ0v) is 30.3. The monoisotopic (exact) mass is 691 g/mol. The highest BCUT2D eigenvalue weighted by molar-refractivity contribution is 6.13. The van der Waals surface area contributed by atoms with Crippen LogP contribution in [0.1, 0.15) is 47.2 Å². The van der Waals surface area contributed by atoms with E-state index in [1.54, 1.807) is 0 Å². The van der Waals surface area contributed by atoms with Crippen LogP contribution in [0.25, 0.3) is 44.2 Å². The maximum Gasteiger partial charge on any atom is 0.159 e. The molecule has 2 aliphatic carbocycles. The summed E-state index contributed by atoms with van der Waals surface area (Å²) in [5.74, 6) is 0. The van der Waals surface area contributed by atoms with Crippen molar-refractivity contribution in [3.05, 3.63) is 221 Å². The number of hydrogen-bond acceptors (Lipinski definition) is 2. The molecule has 1 heterocycles. The normalized spacial score (nSPS) is 14.4. The predicted octanol–water partition coefficient (Wildman–Crippen LogP) is 13.7. The van der Waals surface area contributed by atoms with Crippen molar-refractivity contribution in [3.8, 4) is 22.3 Å². The van der Waals surface area contributed by atoms with Gasteiger partial charge in [-0.1, -0.05) is 172 Å². The summed E-state index contributed by atoms with van der Waals surface area (Å²) in [4.78, 5) is 2.41. The highest BCUT2D eigenvalue weighted by atomic mass is 16.3. The van der Waals surface area contributed by atoms with E-state index in [1.165, 1.54) is 55.6 Å². The van der Waals surface area contributed by atoms with Gasteiger partial charge in [0, 0.05) is 27.4 Å². The second-order valence-electron chi connectivity index (χ2n) is 15.2. The molecular weight excluding hydrogens is 655 g/mol. The summed E-state index contributed by atoms with van der Waals surface area (Å²) < 4.78 is 7.15. The zero-order chi connectivity index (χ0) is 36.0. The quantitative estimate of drug-likeness (QED) is 0.179. The Kier molecular flexibility index (Phi) is 6.55. The maximum absolute atomic E-state index is 7.15. The van der Waals surface area contributed by atoms with Crippen LogP contribution in [0.5, 0.6) is 0 Å². The Morgan fingerprint density at radius 1 is 0.426 bits per heavy atom. The third kappa shape index (κ3) is 4.06. The summed E-state index contributed by atoms with van der Waals surface area (Å²) in [5.41, 5.74) is 17.2. The molecule has 256 valence electrons. The molecule has 2 nitrogen and oxygen atoms in total. The van der Waals surface area contributed by atoms with E-state index in [0.717, 1.165) is 39.0 Å². The van der Waals surface area contributed by atoms with E-state index in [4.69, 9.17) is 4.42 Å². The summed E-state index contributed by atoms with van der Waals surface area (Å²) in [7, 11) is 0. The second-order valence-corrected chi connectivity index (χ2v) is 15.2. The number of benzene rings is 8. The molecule has 2 aliphatic rings. The van der Waals surface area contributed by atoms with Crippen LogP contribution in [-0.4, -0.2) is 0 Å². The zero-order valence-electron chi connectivity index (χ0n) is 30.3. The van der Waals surface area contributed by atoms with Crippen LogP contribution in [0, 0.1) is 0 Å². The minimum Gasteiger partial charge on any atom is -0.454 e. The third-order valence-corrected chi connectivity index (χ3v) is 12.1. The third-order valence-electron chi connectivity index (χ3n) is 12.1. The molecule has 54 heavy (non-hydrogen) atoms. The van der Waals surface area contributed by atoms with Crippen molar-refractivity contribution >= 4 is 39.0 Å². The van der Waals surface area contributed by atoms with Gasteiger partial charge in [-0.2, -0.15) is 0 Å². The number of para-hydroxylation sites is 2. The Labute approximate surface area is 315 Å². The molecule has 8 aromatic carbocycles. The summed E-state index contributed by atoms with van der Waals surface area (Å²) in [5, 5.41) is 2.24. The number of fused-ring (bicyclic) bond motifs is 9. The van der Waals surface area contributed by atoms with Gasteiger partial charge in [0.25, 0.3) is 0 Å². The molecule has 0 N–H and O–H groups in total. The van der Waals surface area contributed by atoms with Crippen LogP contribution in [0.3, 0.4) is 0 Å². The molecule has 0 aliphatic heterocycles. The molecule has 0 radical (unpaired) electrons. The van der Waals surface area contributed by atoms with E-state index in [0.29, 0.717) is 0 Å². The molecule has 0 atom stereocenters. The van der Waals surface area contributed by atoms with Crippen molar-refractivity contribution in [2.75, 3.05) is 4.90 Å². The Hall–Kier alpha value is -6.64. The predicted molar refractivity (Wildman–Crippen MR) is 223 cm³/mol. The lowest BCUT2D eigenvalue weighted by Gasteiger charge is -2.34. The van der Waals surface area contributed by atoms with Gasteiger partial charge >= 0.3 is 0 Å². The lowest BCUT2D eigenvalue weighted by Crippen LogP contribution is -2.28. The van der Waals surface area contributed by atoms with Gasteiger partial charge in [-0.05, 0) is 80.4 Å². The van der Waals surface area contributed by atoms with Crippen LogP contribution >= 0.6 is 0 Å². The van der Waals surface area contributed by atoms with Gasteiger partial charge in [0.05, 0.1) is 16.8 Å². The fourth-order valence-electron chi connectivity index (χ4n) is 9.91. The fourth-order valence-corrected chi connectivity index (χ4v) is 9.91. The fraction of sp³-hybridized carbons (Fsp3) is 0.0769. The van der Waals surface area contributed by atoms with Gasteiger partial charge in [0.2, 0.25) is 0 Å². The molecular formula is C52H37NO. The lowest BCUT2D eigenvalue weighted by atomic mass is 9.66. The summed E-state index contributed by atoms with van der Waals surface area (Å²) in [6, 6.07) is 68.6. The average molecular weight is 692 g/mol. The van der Waals surface area contributed by atoms with Crippen molar-refractivity contribution in [2.45, 2.75) is 24.7 Å². The molecule has 0 fully saturated rings. The first-order valence-corrected chi connectivity index (χ1v) is 18.9. The largest absolute Gasteiger partial charge is 0.454 e. The summed E-state index contributed by atoms with van der Waals surface area (Å²) >= 11 is 0. The van der Waals surface area contributed by atoms with E-state index >= 15 is 0 Å². The van der Waals surface area contributed by atoms with Crippen LogP contribution in [0.15, 0.2) is 192 Å². The number of anilines is 3. The first-order chi connectivity index (χ1) is 26.6. The molecule has 0 bridgehead atoms. The Morgan fingerprint density at radius 2 is 0.963 bits per heavy atom. The molecule has 0 saturated carbocycles. The molecule has 11 rings (SSSR count). The van der Waals surface area contributed by atoms with E-state index in [9.17, 15) is 0 Å². The topological polar surface area (TPSA) is 16.4 Å². The van der Waals surface area contributed by atoms with Crippen LogP contribution in [0.4, 0.5) is 17.1 Å². The van der Waals surface area contributed by atoms with Gasteiger partial charge in [0.1, 0.15) is 5.58 Å². The summed E-state index contributed by atoms with van der Waals surface area (Å²) in [6.45, 7) is 4.69. The van der Waals surface area contributed by atoms with Crippen molar-refractivity contribution in [3.63, 3.8) is 0 Å². The highest BCUT2D eigenvalue weighted by Gasteiger charge is 2.47. The molecule has 0 saturated heterocycles. The minimum absolute atomic E-state index is 0.121. The Balaban J connectivity index is 1.23. The van der Waals surface area contributed by atoms with Crippen molar-refractivity contribution in [1.29, 1.82) is 0 Å². The van der Waals surface area contributed by atoms with Gasteiger partial charge in [0.15, 0.2) is 5.58 Å². The maximum atomic E-state index is 7.15. The van der Waals surface area contributed by atoms with Gasteiger partial charge in [-0.15, -0.1) is 0 Å². The standard InChI is InChI=1S/C52H37NO/c1-51(2)40-26-12-11-24-38(40)48-43(51)29-16-31-45(48)53(35-20-7-4-8-21-35)46-32-15-25-39-49-44(30-17-33-47(49)54-50(39)46)52(34-18-5-3-6-19-34)41-27-13-9-22-36(41)37-23-10-14-28-42(37)52/h3-33H,1-2H3. The average Bonchev–Trinajstić information content (AvgIpc) is 3.84. The molecule has 2 heteroatoms. The Bertz CT molecular complexity index is 2870. The number of hydrogen-bond donors (Lipinski definition) is 0.